The Bertz CT molecular complexity index is 1320. The number of rotatable bonds is 9. The molecule has 1 saturated heterocycles. The number of fused-ring (bicyclic) bond motifs is 1. The number of nitrogens with one attached hydrogen (secondary N) is 1. The molecule has 2 atom stereocenters. The number of β-lactam (4-membered cyclic amide) rings is 1. The average molecular weight is 548 g/mol. The maximum Gasteiger partial charge on any atom is 0.352 e. The first kappa shape index (κ1) is 26.1. The van der Waals surface area contributed by atoms with Crippen LogP contribution >= 0.6 is 23.1 Å². The summed E-state index contributed by atoms with van der Waals surface area (Å²) in [7, 11) is 0. The second kappa shape index (κ2) is 10.2. The summed E-state index contributed by atoms with van der Waals surface area (Å²) in [4.78, 5) is 59.9. The van der Waals surface area contributed by atoms with Gasteiger partial charge < -0.3 is 26.1 Å². The minimum atomic E-state index is -1.75. The van der Waals surface area contributed by atoms with E-state index in [4.69, 9.17) is 10.6 Å². The van der Waals surface area contributed by atoms with Gasteiger partial charge in [0.05, 0.1) is 0 Å². The van der Waals surface area contributed by atoms with Crippen molar-refractivity contribution in [1.29, 1.82) is 0 Å². The third kappa shape index (κ3) is 5.27. The first-order chi connectivity index (χ1) is 17.5. The Balaban J connectivity index is 1.55. The molecule has 2 aliphatic rings. The highest BCUT2D eigenvalue weighted by Crippen LogP contribution is 2.40. The predicted molar refractivity (Wildman–Crippen MR) is 132 cm³/mol. The van der Waals surface area contributed by atoms with E-state index in [1.165, 1.54) is 35.9 Å². The number of carbonyl (C=O) groups is 4. The monoisotopic (exact) mass is 547 g/mol. The first-order valence-corrected chi connectivity index (χ1v) is 12.8. The van der Waals surface area contributed by atoms with E-state index in [9.17, 15) is 29.4 Å². The van der Waals surface area contributed by atoms with E-state index in [1.54, 1.807) is 12.4 Å². The maximum atomic E-state index is 13.1. The van der Waals surface area contributed by atoms with Crippen LogP contribution in [-0.4, -0.2) is 72.3 Å². The lowest BCUT2D eigenvalue weighted by atomic mass is 10.0. The molecule has 4 rings (SSSR count). The summed E-state index contributed by atoms with van der Waals surface area (Å²) >= 11 is 2.35. The summed E-state index contributed by atoms with van der Waals surface area (Å²) in [6, 6.07) is 4.44. The molecule has 5 N–H and O–H groups in total. The van der Waals surface area contributed by atoms with E-state index in [2.05, 4.69) is 15.5 Å². The van der Waals surface area contributed by atoms with E-state index in [0.29, 0.717) is 17.9 Å². The largest absolute Gasteiger partial charge is 0.478 e. The fourth-order valence-electron chi connectivity index (χ4n) is 3.57. The molecule has 2 aromatic rings. The number of nitrogen functional groups attached to an aromatic ring is 1. The van der Waals surface area contributed by atoms with Gasteiger partial charge in [-0.15, -0.1) is 23.1 Å². The standard InChI is InChI=1S/C22H22N6O7S2/c1-22(2,20(33)34)35-26-13(12-10-37-21(23)24-12)16(29)25-14-17(30)28-15(19(31)32)11(9-36-18(14)28)8-27-6-4-3-5-7-27/h3-7,10,14,18H,8-9H2,1-2H3,(H4-,23,24,25,29,31,32,33,34)/p+1/b26-13-/t14-,18-/m0/s1. The number of anilines is 1. The third-order valence-electron chi connectivity index (χ3n) is 5.55. The van der Waals surface area contributed by atoms with Gasteiger partial charge in [-0.1, -0.05) is 11.2 Å². The van der Waals surface area contributed by atoms with Crippen molar-refractivity contribution < 1.29 is 38.8 Å². The molecule has 0 bridgehead atoms. The lowest BCUT2D eigenvalue weighted by Gasteiger charge is -2.49. The summed E-state index contributed by atoms with van der Waals surface area (Å²) in [5.41, 5.74) is 4.04. The summed E-state index contributed by atoms with van der Waals surface area (Å²) in [6.45, 7) is 2.80. The quantitative estimate of drug-likeness (QED) is 0.144. The van der Waals surface area contributed by atoms with Crippen LogP contribution in [0.25, 0.3) is 0 Å². The molecule has 1 fully saturated rings. The van der Waals surface area contributed by atoms with Gasteiger partial charge in [-0.2, -0.15) is 0 Å². The van der Waals surface area contributed by atoms with Gasteiger partial charge in [-0.3, -0.25) is 14.5 Å². The number of carbonyl (C=O) groups excluding carboxylic acids is 2. The Morgan fingerprint density at radius 1 is 1.30 bits per heavy atom. The number of carboxylic acids is 2. The van der Waals surface area contributed by atoms with Gasteiger partial charge in [0.15, 0.2) is 29.8 Å². The number of oxime groups is 1. The predicted octanol–water partition coefficient (Wildman–Crippen LogP) is 0.0355. The SMILES string of the molecule is CC(C)(O/N=C(\C(=O)N[C@H]1C(=O)N2C(C(=O)O)=C(C[n+]3ccccc3)CS[C@@H]12)c1csc(N)n1)C(=O)O. The van der Waals surface area contributed by atoms with Crippen LogP contribution in [0.1, 0.15) is 19.5 Å². The van der Waals surface area contributed by atoms with Crippen molar-refractivity contribution in [2.24, 2.45) is 5.16 Å². The van der Waals surface area contributed by atoms with Crippen LogP contribution in [0.4, 0.5) is 5.13 Å². The van der Waals surface area contributed by atoms with Crippen molar-refractivity contribution in [2.75, 3.05) is 11.5 Å². The van der Waals surface area contributed by atoms with E-state index in [-0.39, 0.29) is 22.2 Å². The molecular formula is C22H23N6O7S2+. The summed E-state index contributed by atoms with van der Waals surface area (Å²) in [6.07, 6.45) is 3.59. The fraction of sp³-hybridized carbons (Fsp3) is 0.318. The fourth-order valence-corrected chi connectivity index (χ4v) is 5.46. The highest BCUT2D eigenvalue weighted by molar-refractivity contribution is 8.00. The van der Waals surface area contributed by atoms with Crippen molar-refractivity contribution in [2.45, 2.75) is 37.4 Å². The molecule has 37 heavy (non-hydrogen) atoms. The van der Waals surface area contributed by atoms with Gasteiger partial charge in [0.1, 0.15) is 22.8 Å². The molecule has 2 aliphatic heterocycles. The van der Waals surface area contributed by atoms with Gasteiger partial charge in [0.2, 0.25) is 5.60 Å². The Labute approximate surface area is 218 Å². The molecule has 2 aromatic heterocycles. The van der Waals surface area contributed by atoms with E-state index < -0.39 is 40.8 Å². The average Bonchev–Trinajstić information content (AvgIpc) is 3.28. The Morgan fingerprint density at radius 3 is 2.59 bits per heavy atom. The normalized spacial score (nSPS) is 19.7. The van der Waals surface area contributed by atoms with Crippen LogP contribution < -0.4 is 15.6 Å². The second-order valence-electron chi connectivity index (χ2n) is 8.58. The van der Waals surface area contributed by atoms with Gasteiger partial charge in [0, 0.05) is 28.8 Å². The zero-order valence-electron chi connectivity index (χ0n) is 19.7. The first-order valence-electron chi connectivity index (χ1n) is 10.9. The maximum absolute atomic E-state index is 13.1. The van der Waals surface area contributed by atoms with Crippen molar-refractivity contribution in [3.05, 3.63) is 52.9 Å². The lowest BCUT2D eigenvalue weighted by Crippen LogP contribution is -2.71. The number of aliphatic carboxylic acids is 2. The molecule has 0 spiro atoms. The number of hydrogen-bond donors (Lipinski definition) is 4. The van der Waals surface area contributed by atoms with Crippen molar-refractivity contribution in [3.8, 4) is 0 Å². The van der Waals surface area contributed by atoms with Crippen LogP contribution in [-0.2, 0) is 30.6 Å². The summed E-state index contributed by atoms with van der Waals surface area (Å²) < 4.78 is 1.81. The number of carboxylic acid groups (broad SMARTS) is 2. The van der Waals surface area contributed by atoms with Gasteiger partial charge >= 0.3 is 11.9 Å². The molecule has 2 amide bonds. The third-order valence-corrected chi connectivity index (χ3v) is 7.56. The molecule has 0 unspecified atom stereocenters. The molecule has 194 valence electrons. The molecule has 4 heterocycles. The van der Waals surface area contributed by atoms with Crippen molar-refractivity contribution in [3.63, 3.8) is 0 Å². The molecule has 13 nitrogen and oxygen atoms in total. The molecule has 0 radical (unpaired) electrons. The Hall–Kier alpha value is -3.98. The zero-order valence-corrected chi connectivity index (χ0v) is 21.3. The number of nitrogens with zero attached hydrogens (tertiary/aromatic N) is 4. The van der Waals surface area contributed by atoms with Crippen LogP contribution in [0.5, 0.6) is 0 Å². The summed E-state index contributed by atoms with van der Waals surface area (Å²) in [5, 5.41) is 26.3. The van der Waals surface area contributed by atoms with Gasteiger partial charge in [-0.05, 0) is 13.8 Å². The van der Waals surface area contributed by atoms with Crippen LogP contribution in [0, 0.1) is 0 Å². The van der Waals surface area contributed by atoms with Gasteiger partial charge in [0.25, 0.3) is 11.8 Å². The second-order valence-corrected chi connectivity index (χ2v) is 10.6. The number of aromatic nitrogens is 2. The van der Waals surface area contributed by atoms with Crippen molar-refractivity contribution in [1.82, 2.24) is 15.2 Å². The van der Waals surface area contributed by atoms with Crippen LogP contribution in [0.3, 0.4) is 0 Å². The number of hydrogen-bond acceptors (Lipinski definition) is 10. The van der Waals surface area contributed by atoms with E-state index in [0.717, 1.165) is 11.3 Å². The number of thiazole rings is 1. The molecule has 0 aliphatic carbocycles. The lowest BCUT2D eigenvalue weighted by molar-refractivity contribution is -0.689. The molecule has 15 heteroatoms. The van der Waals surface area contributed by atoms with Crippen molar-refractivity contribution >= 4 is 57.7 Å². The minimum absolute atomic E-state index is 0.0365. The topological polar surface area (TPSA) is 188 Å². The smallest absolute Gasteiger partial charge is 0.352 e. The number of thioether (sulfide) groups is 1. The highest BCUT2D eigenvalue weighted by Gasteiger charge is 2.54. The minimum Gasteiger partial charge on any atom is -0.478 e. The van der Waals surface area contributed by atoms with Gasteiger partial charge in [-0.25, -0.2) is 19.1 Å². The van der Waals surface area contributed by atoms with E-state index >= 15 is 0 Å². The van der Waals surface area contributed by atoms with Crippen LogP contribution in [0.2, 0.25) is 0 Å². The van der Waals surface area contributed by atoms with E-state index in [1.807, 2.05) is 22.8 Å². The highest BCUT2D eigenvalue weighted by atomic mass is 32.2. The zero-order chi connectivity index (χ0) is 26.9. The summed E-state index contributed by atoms with van der Waals surface area (Å²) in [5.74, 6) is -3.66. The number of pyridine rings is 1. The molecule has 0 saturated carbocycles. The Kier molecular flexibility index (Phi) is 7.18. The molecule has 0 aromatic carbocycles. The molecular weight excluding hydrogens is 524 g/mol. The van der Waals surface area contributed by atoms with Crippen LogP contribution in [0.15, 0.2) is 52.4 Å². The Morgan fingerprint density at radius 2 is 2.00 bits per heavy atom. The number of nitrogens with two attached hydrogens (primary N) is 1. The number of amides is 2.